The highest BCUT2D eigenvalue weighted by molar-refractivity contribution is 5.77. The maximum atomic E-state index is 13.0. The van der Waals surface area contributed by atoms with Gasteiger partial charge in [-0.05, 0) is 32.9 Å². The first kappa shape index (κ1) is 19.6. The highest BCUT2D eigenvalue weighted by atomic mass is 19.1. The van der Waals surface area contributed by atoms with Crippen molar-refractivity contribution in [3.05, 3.63) is 40.6 Å². The minimum absolute atomic E-state index is 0.0303. The van der Waals surface area contributed by atoms with Gasteiger partial charge in [-0.2, -0.15) is 0 Å². The molecule has 0 atom stereocenters. The normalized spacial score (nSPS) is 12.3. The predicted molar refractivity (Wildman–Crippen MR) is 97.1 cm³/mol. The largest absolute Gasteiger partial charge is 0.489 e. The molecule has 7 nitrogen and oxygen atoms in total. The Balaban J connectivity index is 1.98. The van der Waals surface area contributed by atoms with E-state index in [9.17, 15) is 14.0 Å². The molecule has 1 N–H and O–H groups in total. The third-order valence-corrected chi connectivity index (χ3v) is 3.68. The molecular formula is C18H24FN3O4. The summed E-state index contributed by atoms with van der Waals surface area (Å²) in [7, 11) is 3.36. The molecule has 2 aromatic rings. The summed E-state index contributed by atoms with van der Waals surface area (Å²) in [6.07, 6.45) is -0.230. The summed E-state index contributed by atoms with van der Waals surface area (Å²) >= 11 is 0. The topological polar surface area (TPSA) is 74.5 Å². The second-order valence-corrected chi connectivity index (χ2v) is 6.96. The number of hydrogen-bond donors (Lipinski definition) is 1. The van der Waals surface area contributed by atoms with Gasteiger partial charge in [0, 0.05) is 32.3 Å². The van der Waals surface area contributed by atoms with Crippen molar-refractivity contribution in [2.75, 3.05) is 13.2 Å². The summed E-state index contributed by atoms with van der Waals surface area (Å²) in [4.78, 5) is 23.5. The zero-order chi connectivity index (χ0) is 19.5. The van der Waals surface area contributed by atoms with Crippen molar-refractivity contribution in [1.82, 2.24) is 14.5 Å². The number of hydrogen-bond acceptors (Lipinski definition) is 4. The first-order chi connectivity index (χ1) is 12.1. The number of alkyl carbamates (subject to hydrolysis) is 1. The van der Waals surface area contributed by atoms with E-state index >= 15 is 0 Å². The highest BCUT2D eigenvalue weighted by Gasteiger charge is 2.16. The summed E-state index contributed by atoms with van der Waals surface area (Å²) in [5, 5.41) is 2.48. The molecule has 0 saturated carbocycles. The zero-order valence-electron chi connectivity index (χ0n) is 15.6. The first-order valence-electron chi connectivity index (χ1n) is 8.15. The van der Waals surface area contributed by atoms with Crippen molar-refractivity contribution < 1.29 is 18.7 Å². The van der Waals surface area contributed by atoms with Gasteiger partial charge in [0.2, 0.25) is 0 Å². The van der Waals surface area contributed by atoms with E-state index < -0.39 is 11.7 Å². The van der Waals surface area contributed by atoms with Gasteiger partial charge in [-0.3, -0.25) is 9.13 Å². The van der Waals surface area contributed by atoms with E-state index in [1.807, 2.05) is 0 Å². The molecule has 1 amide bonds. The lowest BCUT2D eigenvalue weighted by molar-refractivity contribution is 0.0531. The van der Waals surface area contributed by atoms with Gasteiger partial charge in [-0.25, -0.2) is 14.0 Å². The number of aromatic nitrogens is 2. The van der Waals surface area contributed by atoms with E-state index in [2.05, 4.69) is 5.32 Å². The van der Waals surface area contributed by atoms with Crippen molar-refractivity contribution in [2.45, 2.75) is 26.4 Å². The lowest BCUT2D eigenvalue weighted by atomic mass is 10.2. The number of amides is 1. The van der Waals surface area contributed by atoms with Crippen LogP contribution in [0, 0.1) is 0 Å². The molecule has 142 valence electrons. The average molecular weight is 365 g/mol. The van der Waals surface area contributed by atoms with Crippen LogP contribution in [0.15, 0.2) is 34.9 Å². The molecule has 0 spiro atoms. The fourth-order valence-corrected chi connectivity index (χ4v) is 2.37. The number of nitrogens with zero attached hydrogens (tertiary/aromatic N) is 2. The second-order valence-electron chi connectivity index (χ2n) is 6.96. The van der Waals surface area contributed by atoms with Crippen molar-refractivity contribution in [2.24, 2.45) is 14.1 Å². The van der Waals surface area contributed by atoms with E-state index in [0.29, 0.717) is 17.6 Å². The van der Waals surface area contributed by atoms with E-state index in [-0.39, 0.29) is 24.4 Å². The van der Waals surface area contributed by atoms with Gasteiger partial charge in [-0.1, -0.05) is 0 Å². The average Bonchev–Trinajstić information content (AvgIpc) is 2.78. The fraction of sp³-hybridized carbons (Fsp3) is 0.444. The quantitative estimate of drug-likeness (QED) is 0.884. The summed E-state index contributed by atoms with van der Waals surface area (Å²) in [6.45, 7) is 5.16. The number of fused-ring (bicyclic) bond motifs is 1. The van der Waals surface area contributed by atoms with E-state index in [0.717, 1.165) is 5.52 Å². The van der Waals surface area contributed by atoms with E-state index in [4.69, 9.17) is 9.47 Å². The lowest BCUT2D eigenvalue weighted by Crippen LogP contribution is -2.34. The van der Waals surface area contributed by atoms with Crippen molar-refractivity contribution in [3.63, 3.8) is 0 Å². The summed E-state index contributed by atoms with van der Waals surface area (Å²) in [5.74, 6) is 0.496. The predicted octanol–water partition coefficient (Wildman–Crippen LogP) is 2.63. The molecule has 1 aromatic heterocycles. The molecule has 0 aliphatic rings. The Morgan fingerprint density at radius 2 is 1.88 bits per heavy atom. The third kappa shape index (κ3) is 4.65. The Kier molecular flexibility index (Phi) is 5.74. The number of halogens is 1. The number of ether oxygens (including phenoxy) is 2. The van der Waals surface area contributed by atoms with E-state index in [1.165, 1.54) is 9.13 Å². The molecule has 0 aliphatic carbocycles. The highest BCUT2D eigenvalue weighted by Crippen LogP contribution is 2.20. The molecule has 0 unspecified atom stereocenters. The number of imidazole rings is 1. The number of carbonyl (C=O) groups is 1. The van der Waals surface area contributed by atoms with Gasteiger partial charge >= 0.3 is 11.8 Å². The van der Waals surface area contributed by atoms with Crippen LogP contribution in [0.1, 0.15) is 20.8 Å². The van der Waals surface area contributed by atoms with Crippen LogP contribution in [0.5, 0.6) is 5.75 Å². The Bertz CT molecular complexity index is 890. The maximum Gasteiger partial charge on any atom is 0.407 e. The summed E-state index contributed by atoms with van der Waals surface area (Å²) < 4.78 is 26.8. The van der Waals surface area contributed by atoms with Crippen LogP contribution in [0.25, 0.3) is 11.0 Å². The Labute approximate surface area is 151 Å². The summed E-state index contributed by atoms with van der Waals surface area (Å²) in [5.41, 5.74) is 0.979. The minimum atomic E-state index is -0.627. The zero-order valence-corrected chi connectivity index (χ0v) is 15.6. The van der Waals surface area contributed by atoms with Crippen LogP contribution in [0.3, 0.4) is 0 Å². The number of aryl methyl sites for hydroxylation is 2. The second kappa shape index (κ2) is 7.63. The van der Waals surface area contributed by atoms with Crippen LogP contribution >= 0.6 is 0 Å². The number of rotatable bonds is 5. The molecule has 1 aromatic carbocycles. The SMILES string of the molecule is Cn1c(=O)n(C)c2cc(OC/C(=C/F)CNC(=O)OC(C)(C)C)ccc21. The first-order valence-corrected chi connectivity index (χ1v) is 8.15. The molecule has 2 rings (SSSR count). The van der Waals surface area contributed by atoms with Crippen molar-refractivity contribution in [3.8, 4) is 5.75 Å². The van der Waals surface area contributed by atoms with Crippen LogP contribution in [0.4, 0.5) is 9.18 Å². The standard InChI is InChI=1S/C18H24FN3O4/c1-18(2,3)26-16(23)20-10-12(9-19)11-25-13-6-7-14-15(8-13)22(5)17(24)21(14)4/h6-9H,10-11H2,1-5H3,(H,20,23)/b12-9+. The lowest BCUT2D eigenvalue weighted by Gasteiger charge is -2.20. The van der Waals surface area contributed by atoms with Crippen molar-refractivity contribution in [1.29, 1.82) is 0 Å². The van der Waals surface area contributed by atoms with Gasteiger partial charge in [0.05, 0.1) is 17.4 Å². The minimum Gasteiger partial charge on any atom is -0.489 e. The summed E-state index contributed by atoms with van der Waals surface area (Å²) in [6, 6.07) is 5.19. The molecule has 26 heavy (non-hydrogen) atoms. The molecule has 1 heterocycles. The van der Waals surface area contributed by atoms with Gasteiger partial charge in [0.15, 0.2) is 0 Å². The molecule has 0 saturated heterocycles. The van der Waals surface area contributed by atoms with Gasteiger partial charge in [0.25, 0.3) is 0 Å². The van der Waals surface area contributed by atoms with Crippen LogP contribution in [0.2, 0.25) is 0 Å². The van der Waals surface area contributed by atoms with Crippen LogP contribution in [-0.4, -0.2) is 34.0 Å². The Hall–Kier alpha value is -2.77. The molecule has 8 heteroatoms. The molecular weight excluding hydrogens is 341 g/mol. The smallest absolute Gasteiger partial charge is 0.407 e. The number of carbonyl (C=O) groups excluding carboxylic acids is 1. The van der Waals surface area contributed by atoms with Crippen LogP contribution < -0.4 is 15.7 Å². The Morgan fingerprint density at radius 1 is 1.23 bits per heavy atom. The van der Waals surface area contributed by atoms with Gasteiger partial charge in [0.1, 0.15) is 18.0 Å². The molecule has 0 fully saturated rings. The van der Waals surface area contributed by atoms with Crippen LogP contribution in [-0.2, 0) is 18.8 Å². The number of nitrogens with one attached hydrogen (secondary N) is 1. The van der Waals surface area contributed by atoms with Crippen molar-refractivity contribution >= 4 is 17.1 Å². The van der Waals surface area contributed by atoms with E-state index in [1.54, 1.807) is 53.1 Å². The Morgan fingerprint density at radius 3 is 2.50 bits per heavy atom. The van der Waals surface area contributed by atoms with Gasteiger partial charge in [-0.15, -0.1) is 0 Å². The number of benzene rings is 1. The molecule has 0 bridgehead atoms. The fourth-order valence-electron chi connectivity index (χ4n) is 2.37. The van der Waals surface area contributed by atoms with Gasteiger partial charge < -0.3 is 14.8 Å². The molecule has 0 aliphatic heterocycles. The third-order valence-electron chi connectivity index (χ3n) is 3.68. The maximum absolute atomic E-state index is 13.0. The molecule has 0 radical (unpaired) electrons. The monoisotopic (exact) mass is 365 g/mol.